The Morgan fingerprint density at radius 2 is 2.12 bits per heavy atom. The zero-order valence-electron chi connectivity index (χ0n) is 13.2. The molecule has 0 atom stereocenters. The van der Waals surface area contributed by atoms with Crippen LogP contribution in [0.15, 0.2) is 35.7 Å². The standard InChI is InChI=1S/C16H15N7O/c1-23(2)13-3-4-17-16(21-13)20-10-5-11-14-9(7-18-12(14)6-10)8-19-22-15(11)24/h3-8,18H,1-2H3,(H,22,24)(H,17,20,21). The predicted molar refractivity (Wildman–Crippen MR) is 93.0 cm³/mol. The van der Waals surface area contributed by atoms with Crippen LogP contribution in [0.4, 0.5) is 17.5 Å². The molecule has 0 bridgehead atoms. The number of amides is 1. The Labute approximate surface area is 137 Å². The molecule has 0 unspecified atom stereocenters. The molecule has 0 saturated heterocycles. The summed E-state index contributed by atoms with van der Waals surface area (Å²) in [6.45, 7) is 0. The molecule has 2 aromatic heterocycles. The minimum absolute atomic E-state index is 0.249. The van der Waals surface area contributed by atoms with Gasteiger partial charge in [0, 0.05) is 48.6 Å². The molecular formula is C16H15N7O. The normalized spacial score (nSPS) is 12.8. The molecule has 4 rings (SSSR count). The van der Waals surface area contributed by atoms with Gasteiger partial charge in [0.1, 0.15) is 5.82 Å². The molecule has 3 heterocycles. The summed E-state index contributed by atoms with van der Waals surface area (Å²) in [5, 5.41) is 7.91. The van der Waals surface area contributed by atoms with Crippen molar-refractivity contribution >= 4 is 40.5 Å². The predicted octanol–water partition coefficient (Wildman–Crippen LogP) is 1.84. The van der Waals surface area contributed by atoms with E-state index < -0.39 is 0 Å². The van der Waals surface area contributed by atoms with E-state index in [1.165, 1.54) is 0 Å². The summed E-state index contributed by atoms with van der Waals surface area (Å²) in [4.78, 5) is 25.9. The number of benzene rings is 1. The van der Waals surface area contributed by atoms with Gasteiger partial charge >= 0.3 is 0 Å². The van der Waals surface area contributed by atoms with E-state index in [9.17, 15) is 4.79 Å². The molecule has 8 heteroatoms. The molecule has 3 aromatic rings. The lowest BCUT2D eigenvalue weighted by Gasteiger charge is -2.13. The fourth-order valence-corrected chi connectivity index (χ4v) is 2.66. The molecule has 1 aliphatic heterocycles. The fourth-order valence-electron chi connectivity index (χ4n) is 2.66. The Hall–Kier alpha value is -3.42. The number of carbonyl (C=O) groups is 1. The Morgan fingerprint density at radius 3 is 2.96 bits per heavy atom. The lowest BCUT2D eigenvalue weighted by Crippen LogP contribution is -2.16. The Balaban J connectivity index is 1.77. The summed E-state index contributed by atoms with van der Waals surface area (Å²) in [5.74, 6) is 1.01. The molecule has 0 radical (unpaired) electrons. The average molecular weight is 321 g/mol. The van der Waals surface area contributed by atoms with Crippen LogP contribution in [-0.2, 0) is 0 Å². The molecule has 0 fully saturated rings. The van der Waals surface area contributed by atoms with Gasteiger partial charge in [-0.3, -0.25) is 4.79 Å². The van der Waals surface area contributed by atoms with Crippen molar-refractivity contribution in [2.24, 2.45) is 5.10 Å². The van der Waals surface area contributed by atoms with Gasteiger partial charge in [0.15, 0.2) is 0 Å². The second-order valence-electron chi connectivity index (χ2n) is 5.65. The lowest BCUT2D eigenvalue weighted by atomic mass is 10.1. The first-order valence-corrected chi connectivity index (χ1v) is 7.38. The SMILES string of the molecule is CN(C)c1ccnc(Nc2cc3c4c(c[nH]c4c2)C=NNC3=O)n1. The first-order chi connectivity index (χ1) is 11.6. The van der Waals surface area contributed by atoms with E-state index in [0.717, 1.165) is 28.0 Å². The first-order valence-electron chi connectivity index (χ1n) is 7.38. The van der Waals surface area contributed by atoms with Crippen LogP contribution in [-0.4, -0.2) is 41.2 Å². The van der Waals surface area contributed by atoms with Crippen molar-refractivity contribution in [1.29, 1.82) is 0 Å². The molecule has 24 heavy (non-hydrogen) atoms. The number of nitrogens with one attached hydrogen (secondary N) is 3. The molecule has 120 valence electrons. The quantitative estimate of drug-likeness (QED) is 0.684. The summed E-state index contributed by atoms with van der Waals surface area (Å²) < 4.78 is 0. The number of hydrazone groups is 1. The van der Waals surface area contributed by atoms with Gasteiger partial charge in [-0.1, -0.05) is 0 Å². The van der Waals surface area contributed by atoms with Crippen molar-refractivity contribution in [3.63, 3.8) is 0 Å². The van der Waals surface area contributed by atoms with Crippen LogP contribution in [0.25, 0.3) is 10.9 Å². The van der Waals surface area contributed by atoms with Gasteiger partial charge in [-0.2, -0.15) is 10.1 Å². The van der Waals surface area contributed by atoms with Crippen molar-refractivity contribution in [2.45, 2.75) is 0 Å². The van der Waals surface area contributed by atoms with E-state index in [2.05, 4.69) is 30.8 Å². The Kier molecular flexibility index (Phi) is 3.16. The molecule has 0 spiro atoms. The van der Waals surface area contributed by atoms with Crippen LogP contribution in [0, 0.1) is 0 Å². The molecule has 8 nitrogen and oxygen atoms in total. The Bertz CT molecular complexity index is 974. The second kappa shape index (κ2) is 5.34. The number of aromatic nitrogens is 3. The highest BCUT2D eigenvalue weighted by molar-refractivity contribution is 6.15. The molecule has 1 aromatic carbocycles. The van der Waals surface area contributed by atoms with Gasteiger partial charge in [-0.25, -0.2) is 10.4 Å². The maximum atomic E-state index is 12.2. The van der Waals surface area contributed by atoms with E-state index in [1.54, 1.807) is 18.5 Å². The highest BCUT2D eigenvalue weighted by atomic mass is 16.2. The minimum atomic E-state index is -0.249. The fraction of sp³-hybridized carbons (Fsp3) is 0.125. The maximum Gasteiger partial charge on any atom is 0.272 e. The van der Waals surface area contributed by atoms with Gasteiger partial charge < -0.3 is 15.2 Å². The van der Waals surface area contributed by atoms with Crippen molar-refractivity contribution in [1.82, 2.24) is 20.4 Å². The van der Waals surface area contributed by atoms with Crippen molar-refractivity contribution in [2.75, 3.05) is 24.3 Å². The highest BCUT2D eigenvalue weighted by Gasteiger charge is 2.18. The van der Waals surface area contributed by atoms with Gasteiger partial charge in [0.2, 0.25) is 5.95 Å². The number of aromatic amines is 1. The smallest absolute Gasteiger partial charge is 0.272 e. The van der Waals surface area contributed by atoms with Crippen LogP contribution in [0.2, 0.25) is 0 Å². The van der Waals surface area contributed by atoms with Crippen LogP contribution in [0.5, 0.6) is 0 Å². The number of H-pyrrole nitrogens is 1. The van der Waals surface area contributed by atoms with Gasteiger partial charge in [-0.05, 0) is 18.2 Å². The second-order valence-corrected chi connectivity index (χ2v) is 5.65. The van der Waals surface area contributed by atoms with Crippen LogP contribution in [0.3, 0.4) is 0 Å². The zero-order chi connectivity index (χ0) is 16.7. The molecule has 0 saturated carbocycles. The van der Waals surface area contributed by atoms with Crippen LogP contribution in [0.1, 0.15) is 15.9 Å². The molecule has 0 aliphatic carbocycles. The van der Waals surface area contributed by atoms with E-state index in [0.29, 0.717) is 11.5 Å². The van der Waals surface area contributed by atoms with E-state index in [1.807, 2.05) is 37.3 Å². The van der Waals surface area contributed by atoms with E-state index >= 15 is 0 Å². The third-order valence-corrected chi connectivity index (χ3v) is 3.78. The largest absolute Gasteiger partial charge is 0.363 e. The summed E-state index contributed by atoms with van der Waals surface area (Å²) in [5.41, 5.74) is 5.49. The molecular weight excluding hydrogens is 306 g/mol. The summed E-state index contributed by atoms with van der Waals surface area (Å²) in [6, 6.07) is 5.51. The minimum Gasteiger partial charge on any atom is -0.363 e. The topological polar surface area (TPSA) is 98.3 Å². The van der Waals surface area contributed by atoms with Crippen LogP contribution < -0.4 is 15.6 Å². The molecule has 1 aliphatic rings. The summed E-state index contributed by atoms with van der Waals surface area (Å²) in [6.07, 6.45) is 5.14. The molecule has 1 amide bonds. The van der Waals surface area contributed by atoms with Crippen molar-refractivity contribution in [3.8, 4) is 0 Å². The van der Waals surface area contributed by atoms with E-state index in [4.69, 9.17) is 0 Å². The highest BCUT2D eigenvalue weighted by Crippen LogP contribution is 2.28. The maximum absolute atomic E-state index is 12.2. The Morgan fingerprint density at radius 1 is 1.25 bits per heavy atom. The number of rotatable bonds is 3. The zero-order valence-corrected chi connectivity index (χ0v) is 13.2. The van der Waals surface area contributed by atoms with Crippen molar-refractivity contribution < 1.29 is 4.79 Å². The van der Waals surface area contributed by atoms with Crippen LogP contribution >= 0.6 is 0 Å². The number of carbonyl (C=O) groups excluding carboxylic acids is 1. The van der Waals surface area contributed by atoms with Gasteiger partial charge in [0.25, 0.3) is 5.91 Å². The number of anilines is 3. The van der Waals surface area contributed by atoms with Gasteiger partial charge in [0.05, 0.1) is 11.8 Å². The molecule has 3 N–H and O–H groups in total. The van der Waals surface area contributed by atoms with Crippen molar-refractivity contribution in [3.05, 3.63) is 41.7 Å². The first kappa shape index (κ1) is 14.2. The summed E-state index contributed by atoms with van der Waals surface area (Å²) >= 11 is 0. The average Bonchev–Trinajstić information content (AvgIpc) is 2.89. The monoisotopic (exact) mass is 321 g/mol. The number of hydrogen-bond acceptors (Lipinski definition) is 6. The third-order valence-electron chi connectivity index (χ3n) is 3.78. The number of hydrogen-bond donors (Lipinski definition) is 3. The number of nitrogens with zero attached hydrogens (tertiary/aromatic N) is 4. The van der Waals surface area contributed by atoms with Gasteiger partial charge in [-0.15, -0.1) is 0 Å². The summed E-state index contributed by atoms with van der Waals surface area (Å²) in [7, 11) is 3.83. The lowest BCUT2D eigenvalue weighted by molar-refractivity contribution is 0.0957. The van der Waals surface area contributed by atoms with E-state index in [-0.39, 0.29) is 5.91 Å². The third kappa shape index (κ3) is 2.34.